The number of nitrogens with two attached hydrogens (primary N) is 1. The SMILES string of the molecule is CCc1nc(C(N)=O)c(Nc2ccc3c(c2)N(CCCN2CCOCC2)C(=O)CO3)nc1Cl. The number of morpholine rings is 1. The standard InChI is InChI=1S/C22H27ClN6O4/c1-2-15-20(23)27-22(19(26-15)21(24)31)25-14-4-5-17-16(12-14)29(18(30)13-33-17)7-3-6-28-8-10-32-11-9-28/h4-5,12H,2-3,6-11,13H2,1H3,(H2,24,31)(H,25,27). The van der Waals surface area contributed by atoms with Crippen LogP contribution in [0.3, 0.4) is 0 Å². The van der Waals surface area contributed by atoms with Crippen LogP contribution in [0.5, 0.6) is 5.75 Å². The lowest BCUT2D eigenvalue weighted by Crippen LogP contribution is -2.42. The van der Waals surface area contributed by atoms with Crippen LogP contribution in [0.25, 0.3) is 0 Å². The Morgan fingerprint density at radius 2 is 2.03 bits per heavy atom. The summed E-state index contributed by atoms with van der Waals surface area (Å²) in [6.07, 6.45) is 1.35. The van der Waals surface area contributed by atoms with Crippen LogP contribution in [-0.2, 0) is 16.0 Å². The third-order valence-electron chi connectivity index (χ3n) is 5.61. The summed E-state index contributed by atoms with van der Waals surface area (Å²) in [4.78, 5) is 37.1. The van der Waals surface area contributed by atoms with Crippen molar-refractivity contribution < 1.29 is 19.1 Å². The number of hydrogen-bond donors (Lipinski definition) is 2. The lowest BCUT2D eigenvalue weighted by Gasteiger charge is -2.31. The summed E-state index contributed by atoms with van der Waals surface area (Å²) in [5, 5.41) is 3.26. The van der Waals surface area contributed by atoms with Crippen LogP contribution in [0.4, 0.5) is 17.2 Å². The molecule has 3 heterocycles. The number of aryl methyl sites for hydroxylation is 1. The van der Waals surface area contributed by atoms with Gasteiger partial charge < -0.3 is 25.4 Å². The van der Waals surface area contributed by atoms with Crippen LogP contribution in [0.15, 0.2) is 18.2 Å². The Morgan fingerprint density at radius 3 is 2.76 bits per heavy atom. The molecule has 1 fully saturated rings. The van der Waals surface area contributed by atoms with Gasteiger partial charge in [-0.25, -0.2) is 9.97 Å². The fourth-order valence-electron chi connectivity index (χ4n) is 3.87. The Labute approximate surface area is 197 Å². The Bertz CT molecular complexity index is 1040. The van der Waals surface area contributed by atoms with E-state index in [0.29, 0.717) is 35.8 Å². The maximum absolute atomic E-state index is 12.6. The zero-order valence-electron chi connectivity index (χ0n) is 18.5. The highest BCUT2D eigenvalue weighted by Crippen LogP contribution is 2.36. The van der Waals surface area contributed by atoms with E-state index in [-0.39, 0.29) is 29.2 Å². The molecule has 11 heteroatoms. The zero-order chi connectivity index (χ0) is 23.4. The predicted molar refractivity (Wildman–Crippen MR) is 124 cm³/mol. The van der Waals surface area contributed by atoms with Crippen molar-refractivity contribution in [2.45, 2.75) is 19.8 Å². The normalized spacial score (nSPS) is 16.3. The number of amides is 2. The third kappa shape index (κ3) is 5.35. The minimum Gasteiger partial charge on any atom is -0.482 e. The molecule has 2 amide bonds. The molecule has 1 aromatic carbocycles. The molecule has 0 bridgehead atoms. The first-order chi connectivity index (χ1) is 16.0. The number of ether oxygens (including phenoxy) is 2. The van der Waals surface area contributed by atoms with Gasteiger partial charge in [0.1, 0.15) is 5.75 Å². The van der Waals surface area contributed by atoms with E-state index in [0.717, 1.165) is 39.3 Å². The molecular formula is C22H27ClN6O4. The van der Waals surface area contributed by atoms with Crippen molar-refractivity contribution in [2.24, 2.45) is 5.73 Å². The van der Waals surface area contributed by atoms with Gasteiger partial charge in [-0.2, -0.15) is 0 Å². The minimum atomic E-state index is -0.711. The number of rotatable bonds is 8. The van der Waals surface area contributed by atoms with E-state index in [4.69, 9.17) is 26.8 Å². The number of nitrogens with one attached hydrogen (secondary N) is 1. The van der Waals surface area contributed by atoms with E-state index in [1.54, 1.807) is 23.1 Å². The van der Waals surface area contributed by atoms with Gasteiger partial charge in [-0.3, -0.25) is 14.5 Å². The zero-order valence-corrected chi connectivity index (χ0v) is 19.2. The molecule has 4 rings (SSSR count). The van der Waals surface area contributed by atoms with E-state index < -0.39 is 5.91 Å². The van der Waals surface area contributed by atoms with Crippen molar-refractivity contribution in [1.29, 1.82) is 0 Å². The monoisotopic (exact) mass is 474 g/mol. The average molecular weight is 475 g/mol. The summed E-state index contributed by atoms with van der Waals surface area (Å²) in [7, 11) is 0. The summed E-state index contributed by atoms with van der Waals surface area (Å²) in [6.45, 7) is 6.63. The fourth-order valence-corrected chi connectivity index (χ4v) is 4.13. The van der Waals surface area contributed by atoms with Crippen molar-refractivity contribution in [2.75, 3.05) is 56.2 Å². The smallest absolute Gasteiger partial charge is 0.271 e. The Balaban J connectivity index is 1.53. The quantitative estimate of drug-likeness (QED) is 0.595. The maximum Gasteiger partial charge on any atom is 0.271 e. The number of nitrogens with zero attached hydrogens (tertiary/aromatic N) is 4. The van der Waals surface area contributed by atoms with Gasteiger partial charge in [0.2, 0.25) is 0 Å². The van der Waals surface area contributed by atoms with Crippen LogP contribution in [0.2, 0.25) is 5.15 Å². The molecule has 0 saturated carbocycles. The number of primary amides is 1. The Hall–Kier alpha value is -2.95. The van der Waals surface area contributed by atoms with Crippen LogP contribution < -0.4 is 20.7 Å². The highest BCUT2D eigenvalue weighted by atomic mass is 35.5. The highest BCUT2D eigenvalue weighted by Gasteiger charge is 2.26. The van der Waals surface area contributed by atoms with Gasteiger partial charge in [-0.1, -0.05) is 18.5 Å². The van der Waals surface area contributed by atoms with Gasteiger partial charge >= 0.3 is 0 Å². The van der Waals surface area contributed by atoms with Crippen molar-refractivity contribution >= 4 is 40.6 Å². The predicted octanol–water partition coefficient (Wildman–Crippen LogP) is 1.98. The molecular weight excluding hydrogens is 448 g/mol. The van der Waals surface area contributed by atoms with Gasteiger partial charge in [-0.05, 0) is 31.0 Å². The highest BCUT2D eigenvalue weighted by molar-refractivity contribution is 6.30. The number of fused-ring (bicyclic) bond motifs is 1. The molecule has 0 aliphatic carbocycles. The molecule has 1 aromatic heterocycles. The molecule has 0 unspecified atom stereocenters. The molecule has 10 nitrogen and oxygen atoms in total. The molecule has 33 heavy (non-hydrogen) atoms. The van der Waals surface area contributed by atoms with Crippen molar-refractivity contribution in [1.82, 2.24) is 14.9 Å². The van der Waals surface area contributed by atoms with Crippen molar-refractivity contribution in [3.63, 3.8) is 0 Å². The van der Waals surface area contributed by atoms with Crippen molar-refractivity contribution in [3.05, 3.63) is 34.7 Å². The largest absolute Gasteiger partial charge is 0.482 e. The lowest BCUT2D eigenvalue weighted by molar-refractivity contribution is -0.121. The fraction of sp³-hybridized carbons (Fsp3) is 0.455. The number of carbonyl (C=O) groups is 2. The third-order valence-corrected chi connectivity index (χ3v) is 5.91. The molecule has 2 aliphatic heterocycles. The van der Waals surface area contributed by atoms with Gasteiger partial charge in [0.15, 0.2) is 23.3 Å². The maximum atomic E-state index is 12.6. The lowest BCUT2D eigenvalue weighted by atomic mass is 10.2. The number of carbonyl (C=O) groups excluding carboxylic acids is 2. The number of halogens is 1. The van der Waals surface area contributed by atoms with E-state index in [1.807, 2.05) is 6.92 Å². The molecule has 2 aliphatic rings. The van der Waals surface area contributed by atoms with Gasteiger partial charge in [0.05, 0.1) is 24.6 Å². The van der Waals surface area contributed by atoms with Gasteiger partial charge in [0.25, 0.3) is 11.8 Å². The second-order valence-corrected chi connectivity index (χ2v) is 8.18. The number of benzene rings is 1. The molecule has 0 spiro atoms. The first kappa shape index (κ1) is 23.2. The van der Waals surface area contributed by atoms with Crippen LogP contribution in [0.1, 0.15) is 29.5 Å². The summed E-state index contributed by atoms with van der Waals surface area (Å²) in [5.41, 5.74) is 7.25. The van der Waals surface area contributed by atoms with Crippen LogP contribution in [-0.4, -0.2) is 72.7 Å². The van der Waals surface area contributed by atoms with E-state index in [1.165, 1.54) is 0 Å². The van der Waals surface area contributed by atoms with Crippen molar-refractivity contribution in [3.8, 4) is 5.75 Å². The molecule has 0 radical (unpaired) electrons. The van der Waals surface area contributed by atoms with E-state index in [2.05, 4.69) is 20.2 Å². The molecule has 2 aromatic rings. The Morgan fingerprint density at radius 1 is 1.24 bits per heavy atom. The second kappa shape index (κ2) is 10.3. The van der Waals surface area contributed by atoms with Crippen LogP contribution >= 0.6 is 11.6 Å². The van der Waals surface area contributed by atoms with E-state index in [9.17, 15) is 9.59 Å². The molecule has 0 atom stereocenters. The van der Waals surface area contributed by atoms with E-state index >= 15 is 0 Å². The van der Waals surface area contributed by atoms with Gasteiger partial charge in [-0.15, -0.1) is 0 Å². The number of hydrogen-bond acceptors (Lipinski definition) is 8. The molecule has 176 valence electrons. The number of anilines is 3. The first-order valence-electron chi connectivity index (χ1n) is 11.0. The number of aromatic nitrogens is 2. The second-order valence-electron chi connectivity index (χ2n) is 7.83. The van der Waals surface area contributed by atoms with Gasteiger partial charge in [0, 0.05) is 31.9 Å². The summed E-state index contributed by atoms with van der Waals surface area (Å²) < 4.78 is 11.0. The first-order valence-corrected chi connectivity index (χ1v) is 11.3. The minimum absolute atomic E-state index is 0.00269. The summed E-state index contributed by atoms with van der Waals surface area (Å²) >= 11 is 6.20. The Kier molecular flexibility index (Phi) is 7.26. The topological polar surface area (TPSA) is 123 Å². The summed E-state index contributed by atoms with van der Waals surface area (Å²) in [5.74, 6) is -0.0363. The average Bonchev–Trinajstić information content (AvgIpc) is 2.81. The molecule has 3 N–H and O–H groups in total. The van der Waals surface area contributed by atoms with Crippen LogP contribution in [0, 0.1) is 0 Å². The summed E-state index contributed by atoms with van der Waals surface area (Å²) in [6, 6.07) is 5.34. The molecule has 1 saturated heterocycles.